The van der Waals surface area contributed by atoms with Crippen LogP contribution in [0, 0.1) is 6.92 Å². The van der Waals surface area contributed by atoms with Crippen LogP contribution in [0.5, 0.6) is 0 Å². The number of thiazole rings is 1. The highest BCUT2D eigenvalue weighted by Gasteiger charge is 2.21. The van der Waals surface area contributed by atoms with Gasteiger partial charge in [-0.15, -0.1) is 24.2 Å². The quantitative estimate of drug-likeness (QED) is 0.609. The maximum absolute atomic E-state index is 12.4. The van der Waals surface area contributed by atoms with Crippen molar-refractivity contribution in [1.82, 2.24) is 20.1 Å². The van der Waals surface area contributed by atoms with E-state index in [1.54, 1.807) is 31.2 Å². The van der Waals surface area contributed by atoms with Crippen molar-refractivity contribution in [2.24, 2.45) is 12.8 Å². The Labute approximate surface area is 154 Å². The number of hydrogen-bond donors (Lipinski definition) is 3. The van der Waals surface area contributed by atoms with Crippen molar-refractivity contribution in [2.75, 3.05) is 18.1 Å². The SMILES string of the molecule is CNC(C(=O)Nc1nc(C)c(SCC(N)=O)s1)c1cnn(C)c1.Cl. The lowest BCUT2D eigenvalue weighted by atomic mass is 10.1. The second-order valence-electron chi connectivity index (χ2n) is 4.81. The minimum atomic E-state index is -0.519. The summed E-state index contributed by atoms with van der Waals surface area (Å²) in [5, 5.41) is 10.3. The summed E-state index contributed by atoms with van der Waals surface area (Å²) >= 11 is 2.64. The molecule has 2 heterocycles. The number of nitrogens with zero attached hydrogens (tertiary/aromatic N) is 3. The molecule has 4 N–H and O–H groups in total. The maximum Gasteiger partial charge on any atom is 0.247 e. The number of amides is 2. The number of aromatic nitrogens is 3. The fourth-order valence-corrected chi connectivity index (χ4v) is 3.80. The molecule has 0 saturated carbocycles. The minimum absolute atomic E-state index is 0. The van der Waals surface area contributed by atoms with Gasteiger partial charge in [0.2, 0.25) is 11.8 Å². The van der Waals surface area contributed by atoms with E-state index in [4.69, 9.17) is 5.73 Å². The lowest BCUT2D eigenvalue weighted by Gasteiger charge is -2.12. The van der Waals surface area contributed by atoms with E-state index in [0.29, 0.717) is 5.13 Å². The average Bonchev–Trinajstić information content (AvgIpc) is 3.04. The Morgan fingerprint density at radius 1 is 1.50 bits per heavy atom. The van der Waals surface area contributed by atoms with Gasteiger partial charge in [0.1, 0.15) is 6.04 Å². The zero-order chi connectivity index (χ0) is 17.0. The summed E-state index contributed by atoms with van der Waals surface area (Å²) in [7, 11) is 3.50. The highest BCUT2D eigenvalue weighted by Crippen LogP contribution is 2.32. The number of hydrogen-bond acceptors (Lipinski definition) is 7. The second kappa shape index (κ2) is 9.02. The molecule has 0 fully saturated rings. The van der Waals surface area contributed by atoms with Crippen molar-refractivity contribution in [3.05, 3.63) is 23.7 Å². The topological polar surface area (TPSA) is 115 Å². The summed E-state index contributed by atoms with van der Waals surface area (Å²) in [6, 6.07) is -0.519. The number of thioether (sulfide) groups is 1. The number of aryl methyl sites for hydroxylation is 2. The van der Waals surface area contributed by atoms with Crippen molar-refractivity contribution >= 4 is 52.5 Å². The normalized spacial score (nSPS) is 11.6. The van der Waals surface area contributed by atoms with Crippen LogP contribution in [-0.4, -0.2) is 39.4 Å². The molecule has 2 amide bonds. The molecule has 11 heteroatoms. The summed E-state index contributed by atoms with van der Waals surface area (Å²) in [4.78, 5) is 27.6. The van der Waals surface area contributed by atoms with E-state index in [2.05, 4.69) is 20.7 Å². The summed E-state index contributed by atoms with van der Waals surface area (Å²) in [6.07, 6.45) is 3.42. The van der Waals surface area contributed by atoms with Crippen LogP contribution in [0.3, 0.4) is 0 Å². The Hall–Kier alpha value is -1.62. The summed E-state index contributed by atoms with van der Waals surface area (Å²) < 4.78 is 2.50. The number of anilines is 1. The van der Waals surface area contributed by atoms with Crippen LogP contribution in [-0.2, 0) is 16.6 Å². The number of nitrogens with two attached hydrogens (primary N) is 1. The van der Waals surface area contributed by atoms with Gasteiger partial charge >= 0.3 is 0 Å². The van der Waals surface area contributed by atoms with Gasteiger partial charge in [-0.2, -0.15) is 5.10 Å². The van der Waals surface area contributed by atoms with Crippen LogP contribution >= 0.6 is 35.5 Å². The Balaban J connectivity index is 0.00000288. The molecule has 1 atom stereocenters. The number of likely N-dealkylation sites (N-methyl/N-ethyl adjacent to an activating group) is 1. The van der Waals surface area contributed by atoms with E-state index in [9.17, 15) is 9.59 Å². The van der Waals surface area contributed by atoms with Crippen molar-refractivity contribution in [3.8, 4) is 0 Å². The largest absolute Gasteiger partial charge is 0.369 e. The molecular weight excluding hydrogens is 372 g/mol. The van der Waals surface area contributed by atoms with E-state index < -0.39 is 6.04 Å². The molecule has 0 aliphatic carbocycles. The first kappa shape index (κ1) is 20.4. The van der Waals surface area contributed by atoms with Crippen molar-refractivity contribution in [2.45, 2.75) is 17.2 Å². The van der Waals surface area contributed by atoms with Gasteiger partial charge in [0, 0.05) is 18.8 Å². The zero-order valence-electron chi connectivity index (χ0n) is 13.4. The molecule has 132 valence electrons. The van der Waals surface area contributed by atoms with Gasteiger partial charge in [0.15, 0.2) is 5.13 Å². The highest BCUT2D eigenvalue weighted by atomic mass is 35.5. The van der Waals surface area contributed by atoms with Crippen LogP contribution in [0.25, 0.3) is 0 Å². The number of primary amides is 1. The van der Waals surface area contributed by atoms with Crippen molar-refractivity contribution < 1.29 is 9.59 Å². The fourth-order valence-electron chi connectivity index (χ4n) is 1.92. The Bertz CT molecular complexity index is 717. The van der Waals surface area contributed by atoms with Crippen LogP contribution in [0.1, 0.15) is 17.3 Å². The number of nitrogens with one attached hydrogen (secondary N) is 2. The van der Waals surface area contributed by atoms with Crippen molar-refractivity contribution in [3.63, 3.8) is 0 Å². The number of halogens is 1. The molecule has 1 unspecified atom stereocenters. The molecule has 0 saturated heterocycles. The minimum Gasteiger partial charge on any atom is -0.369 e. The summed E-state index contributed by atoms with van der Waals surface area (Å²) in [5.41, 5.74) is 6.67. The first-order valence-electron chi connectivity index (χ1n) is 6.76. The molecule has 24 heavy (non-hydrogen) atoms. The third kappa shape index (κ3) is 5.20. The molecule has 8 nitrogen and oxygen atoms in total. The molecule has 2 rings (SSSR count). The van der Waals surface area contributed by atoms with E-state index in [-0.39, 0.29) is 30.0 Å². The molecule has 0 bridgehead atoms. The molecule has 0 spiro atoms. The first-order chi connectivity index (χ1) is 10.9. The standard InChI is InChI=1S/C13H18N6O2S2.ClH/c1-7-12(22-6-9(14)20)23-13(17-7)18-11(21)10(15-2)8-4-16-19(3)5-8;/h4-5,10,15H,6H2,1-3H3,(H2,14,20)(H,17,18,21);1H. The number of carbonyl (C=O) groups excluding carboxylic acids is 2. The van der Waals surface area contributed by atoms with Gasteiger partial charge in [-0.3, -0.25) is 14.3 Å². The lowest BCUT2D eigenvalue weighted by molar-refractivity contribution is -0.118. The zero-order valence-corrected chi connectivity index (χ0v) is 15.8. The predicted molar refractivity (Wildman–Crippen MR) is 97.7 cm³/mol. The number of carbonyl (C=O) groups is 2. The molecule has 0 aromatic carbocycles. The number of rotatable bonds is 7. The van der Waals surface area contributed by atoms with Crippen LogP contribution in [0.4, 0.5) is 5.13 Å². The Morgan fingerprint density at radius 3 is 2.75 bits per heavy atom. The smallest absolute Gasteiger partial charge is 0.247 e. The van der Waals surface area contributed by atoms with Crippen molar-refractivity contribution in [1.29, 1.82) is 0 Å². The van der Waals surface area contributed by atoms with E-state index in [0.717, 1.165) is 15.5 Å². The fraction of sp³-hybridized carbons (Fsp3) is 0.385. The van der Waals surface area contributed by atoms with E-state index >= 15 is 0 Å². The van der Waals surface area contributed by atoms with E-state index in [1.165, 1.54) is 23.1 Å². The van der Waals surface area contributed by atoms with Gasteiger partial charge in [-0.05, 0) is 14.0 Å². The third-order valence-electron chi connectivity index (χ3n) is 2.94. The molecule has 0 aliphatic rings. The van der Waals surface area contributed by atoms with E-state index in [1.807, 2.05) is 6.92 Å². The third-order valence-corrected chi connectivity index (χ3v) is 5.40. The maximum atomic E-state index is 12.4. The molecule has 0 aliphatic heterocycles. The highest BCUT2D eigenvalue weighted by molar-refractivity contribution is 8.01. The predicted octanol–water partition coefficient (Wildman–Crippen LogP) is 1.08. The molecule has 2 aromatic rings. The first-order valence-corrected chi connectivity index (χ1v) is 8.56. The molecule has 2 aromatic heterocycles. The summed E-state index contributed by atoms with van der Waals surface area (Å²) in [6.45, 7) is 1.83. The van der Waals surface area contributed by atoms with Crippen LogP contribution in [0.15, 0.2) is 16.6 Å². The van der Waals surface area contributed by atoms with Crippen LogP contribution < -0.4 is 16.4 Å². The summed E-state index contributed by atoms with van der Waals surface area (Å²) in [5.74, 6) is -0.425. The van der Waals surface area contributed by atoms with Gasteiger partial charge in [0.25, 0.3) is 0 Å². The lowest BCUT2D eigenvalue weighted by Crippen LogP contribution is -2.30. The van der Waals surface area contributed by atoms with Gasteiger partial charge in [0.05, 0.1) is 21.9 Å². The monoisotopic (exact) mass is 390 g/mol. The second-order valence-corrected chi connectivity index (χ2v) is 7.05. The van der Waals surface area contributed by atoms with Gasteiger partial charge in [-0.25, -0.2) is 4.98 Å². The molecular formula is C13H19ClN6O2S2. The Morgan fingerprint density at radius 2 is 2.21 bits per heavy atom. The average molecular weight is 391 g/mol. The van der Waals surface area contributed by atoms with Gasteiger partial charge in [-0.1, -0.05) is 11.3 Å². The van der Waals surface area contributed by atoms with Crippen LogP contribution in [0.2, 0.25) is 0 Å². The molecule has 0 radical (unpaired) electrons. The Kier molecular flexibility index (Phi) is 7.67. The van der Waals surface area contributed by atoms with Gasteiger partial charge < -0.3 is 16.4 Å².